The minimum absolute atomic E-state index is 0.189. The topological polar surface area (TPSA) is 50.6 Å². The molecule has 0 aliphatic carbocycles. The molecular weight excluding hydrogens is 395 g/mol. The Morgan fingerprint density at radius 1 is 1.06 bits per heavy atom. The monoisotopic (exact) mass is 420 g/mol. The Balaban J connectivity index is 1.25. The van der Waals surface area contributed by atoms with Crippen molar-refractivity contribution < 1.29 is 9.13 Å². The fourth-order valence-corrected chi connectivity index (χ4v) is 4.42. The number of rotatable bonds is 5. The predicted octanol–water partition coefficient (Wildman–Crippen LogP) is 3.24. The zero-order valence-corrected chi connectivity index (χ0v) is 17.3. The summed E-state index contributed by atoms with van der Waals surface area (Å²) in [6.45, 7) is 4.59. The molecule has 6 nitrogen and oxygen atoms in total. The number of hydrogen-bond acceptors (Lipinski definition) is 5. The maximum absolute atomic E-state index is 13.0. The molecule has 160 valence electrons. The average molecular weight is 420 g/mol. The summed E-state index contributed by atoms with van der Waals surface area (Å²) in [5.74, 6) is 1.15. The number of nitrogens with zero attached hydrogens (tertiary/aromatic N) is 4. The summed E-state index contributed by atoms with van der Waals surface area (Å²) >= 11 is 0. The molecule has 31 heavy (non-hydrogen) atoms. The number of piperazine rings is 1. The van der Waals surface area contributed by atoms with E-state index in [1.807, 2.05) is 12.1 Å². The largest absolute Gasteiger partial charge is 0.489 e. The summed E-state index contributed by atoms with van der Waals surface area (Å²) < 4.78 is 20.2. The number of pyridine rings is 2. The highest BCUT2D eigenvalue weighted by molar-refractivity contribution is 5.44. The lowest BCUT2D eigenvalue weighted by Gasteiger charge is -2.38. The van der Waals surface area contributed by atoms with E-state index in [4.69, 9.17) is 4.74 Å². The van der Waals surface area contributed by atoms with Crippen LogP contribution in [0.3, 0.4) is 0 Å². The summed E-state index contributed by atoms with van der Waals surface area (Å²) in [6, 6.07) is 13.9. The van der Waals surface area contributed by atoms with Gasteiger partial charge in [-0.2, -0.15) is 0 Å². The Morgan fingerprint density at radius 2 is 1.94 bits per heavy atom. The van der Waals surface area contributed by atoms with Gasteiger partial charge >= 0.3 is 0 Å². The van der Waals surface area contributed by atoms with Crippen LogP contribution in [0.25, 0.3) is 5.69 Å². The van der Waals surface area contributed by atoms with Crippen LogP contribution >= 0.6 is 0 Å². The van der Waals surface area contributed by atoms with Crippen LogP contribution in [0, 0.1) is 5.82 Å². The SMILES string of the molecule is O=c1cc(OCc2ccc(F)cc2)ccn1-c1ccc(N2CCN3CCCC3C2)nc1. The van der Waals surface area contributed by atoms with Gasteiger partial charge in [-0.3, -0.25) is 14.3 Å². The van der Waals surface area contributed by atoms with Gasteiger partial charge in [0.2, 0.25) is 0 Å². The van der Waals surface area contributed by atoms with Gasteiger partial charge in [-0.25, -0.2) is 9.37 Å². The lowest BCUT2D eigenvalue weighted by atomic mass is 10.1. The van der Waals surface area contributed by atoms with E-state index in [1.165, 1.54) is 37.6 Å². The Morgan fingerprint density at radius 3 is 2.71 bits per heavy atom. The van der Waals surface area contributed by atoms with Gasteiger partial charge in [-0.05, 0) is 55.3 Å². The van der Waals surface area contributed by atoms with E-state index < -0.39 is 0 Å². The van der Waals surface area contributed by atoms with Crippen LogP contribution in [0.2, 0.25) is 0 Å². The molecule has 2 aliphatic heterocycles. The first-order valence-electron chi connectivity index (χ1n) is 10.7. The number of hydrogen-bond donors (Lipinski definition) is 0. The van der Waals surface area contributed by atoms with Gasteiger partial charge in [0, 0.05) is 37.9 Å². The van der Waals surface area contributed by atoms with Crippen LogP contribution in [0.4, 0.5) is 10.2 Å². The van der Waals surface area contributed by atoms with Crippen molar-refractivity contribution in [2.45, 2.75) is 25.5 Å². The Bertz CT molecular complexity index is 1100. The number of halogens is 1. The molecule has 5 rings (SSSR count). The first kappa shape index (κ1) is 19.8. The van der Waals surface area contributed by atoms with Gasteiger partial charge in [-0.15, -0.1) is 0 Å². The maximum atomic E-state index is 13.0. The van der Waals surface area contributed by atoms with Crippen molar-refractivity contribution in [1.82, 2.24) is 14.5 Å². The van der Waals surface area contributed by atoms with E-state index in [9.17, 15) is 9.18 Å². The third-order valence-corrected chi connectivity index (χ3v) is 6.13. The van der Waals surface area contributed by atoms with Gasteiger partial charge in [-0.1, -0.05) is 12.1 Å². The molecule has 0 radical (unpaired) electrons. The standard InChI is InChI=1S/C24H25FN4O2/c25-19-5-3-18(4-6-19)17-31-22-9-11-29(24(30)14-22)20-7-8-23(26-15-20)28-13-12-27-10-1-2-21(27)16-28/h3-9,11,14-15,21H,1-2,10,12-13,16-17H2. The smallest absolute Gasteiger partial charge is 0.258 e. The molecule has 7 heteroatoms. The Labute approximate surface area is 180 Å². The Kier molecular flexibility index (Phi) is 5.42. The van der Waals surface area contributed by atoms with Gasteiger partial charge in [0.15, 0.2) is 0 Å². The first-order chi connectivity index (χ1) is 15.2. The van der Waals surface area contributed by atoms with Gasteiger partial charge in [0.1, 0.15) is 24.0 Å². The lowest BCUT2D eigenvalue weighted by Crippen LogP contribution is -2.50. The summed E-state index contributed by atoms with van der Waals surface area (Å²) in [5.41, 5.74) is 1.37. The first-order valence-corrected chi connectivity index (χ1v) is 10.7. The molecule has 2 aliphatic rings. The lowest BCUT2D eigenvalue weighted by molar-refractivity contribution is 0.230. The third kappa shape index (κ3) is 4.32. The Hall–Kier alpha value is -3.19. The van der Waals surface area contributed by atoms with Crippen LogP contribution in [0.1, 0.15) is 18.4 Å². The van der Waals surface area contributed by atoms with Crippen molar-refractivity contribution in [3.8, 4) is 11.4 Å². The quantitative estimate of drug-likeness (QED) is 0.634. The molecule has 0 saturated carbocycles. The zero-order chi connectivity index (χ0) is 21.2. The molecule has 0 bridgehead atoms. The molecule has 2 aromatic heterocycles. The van der Waals surface area contributed by atoms with Crippen molar-refractivity contribution in [1.29, 1.82) is 0 Å². The molecule has 4 heterocycles. The second-order valence-electron chi connectivity index (χ2n) is 8.14. The third-order valence-electron chi connectivity index (χ3n) is 6.13. The molecule has 0 N–H and O–H groups in total. The average Bonchev–Trinajstić information content (AvgIpc) is 3.27. The van der Waals surface area contributed by atoms with E-state index in [-0.39, 0.29) is 18.0 Å². The molecule has 2 saturated heterocycles. The normalized spacial score (nSPS) is 18.7. The van der Waals surface area contributed by atoms with E-state index in [0.717, 1.165) is 36.7 Å². The van der Waals surface area contributed by atoms with Crippen molar-refractivity contribution in [2.24, 2.45) is 0 Å². The number of aromatic nitrogens is 2. The highest BCUT2D eigenvalue weighted by atomic mass is 19.1. The van der Waals surface area contributed by atoms with E-state index in [2.05, 4.69) is 14.8 Å². The van der Waals surface area contributed by atoms with Crippen LogP contribution in [0.15, 0.2) is 65.7 Å². The fourth-order valence-electron chi connectivity index (χ4n) is 4.42. The van der Waals surface area contributed by atoms with Crippen molar-refractivity contribution in [3.05, 3.63) is 82.7 Å². The van der Waals surface area contributed by atoms with Crippen LogP contribution in [-0.2, 0) is 6.61 Å². The second-order valence-corrected chi connectivity index (χ2v) is 8.14. The van der Waals surface area contributed by atoms with Crippen LogP contribution in [-0.4, -0.2) is 46.7 Å². The second kappa shape index (κ2) is 8.51. The predicted molar refractivity (Wildman–Crippen MR) is 117 cm³/mol. The van der Waals surface area contributed by atoms with Gasteiger partial charge in [0.25, 0.3) is 5.56 Å². The van der Waals surface area contributed by atoms with Crippen molar-refractivity contribution >= 4 is 5.82 Å². The molecule has 1 atom stereocenters. The summed E-state index contributed by atoms with van der Waals surface area (Å²) in [7, 11) is 0. The minimum atomic E-state index is -0.285. The summed E-state index contributed by atoms with van der Waals surface area (Å²) in [4.78, 5) is 22.1. The van der Waals surface area contributed by atoms with Crippen molar-refractivity contribution in [3.63, 3.8) is 0 Å². The summed E-state index contributed by atoms with van der Waals surface area (Å²) in [5, 5.41) is 0. The highest BCUT2D eigenvalue weighted by Gasteiger charge is 2.30. The molecule has 1 aromatic carbocycles. The number of anilines is 1. The maximum Gasteiger partial charge on any atom is 0.258 e. The molecule has 0 amide bonds. The molecule has 1 unspecified atom stereocenters. The fraction of sp³-hybridized carbons (Fsp3) is 0.333. The number of ether oxygens (including phenoxy) is 1. The molecule has 2 fully saturated rings. The molecular formula is C24H25FN4O2. The molecule has 3 aromatic rings. The van der Waals surface area contributed by atoms with E-state index in [0.29, 0.717) is 11.8 Å². The van der Waals surface area contributed by atoms with Gasteiger partial charge < -0.3 is 9.64 Å². The van der Waals surface area contributed by atoms with E-state index in [1.54, 1.807) is 35.2 Å². The highest BCUT2D eigenvalue weighted by Crippen LogP contribution is 2.24. The van der Waals surface area contributed by atoms with Gasteiger partial charge in [0.05, 0.1) is 11.9 Å². The minimum Gasteiger partial charge on any atom is -0.489 e. The number of benzene rings is 1. The zero-order valence-electron chi connectivity index (χ0n) is 17.3. The molecule has 0 spiro atoms. The summed E-state index contributed by atoms with van der Waals surface area (Å²) in [6.07, 6.45) is 5.99. The van der Waals surface area contributed by atoms with Crippen molar-refractivity contribution in [2.75, 3.05) is 31.1 Å². The number of fused-ring (bicyclic) bond motifs is 1. The van der Waals surface area contributed by atoms with Crippen LogP contribution < -0.4 is 15.2 Å². The van der Waals surface area contributed by atoms with Crippen LogP contribution in [0.5, 0.6) is 5.75 Å². The van der Waals surface area contributed by atoms with E-state index >= 15 is 0 Å².